The predicted molar refractivity (Wildman–Crippen MR) is 94.5 cm³/mol. The van der Waals surface area contributed by atoms with Gasteiger partial charge in [0.25, 0.3) is 0 Å². The minimum atomic E-state index is -0.812. The molecule has 8 heteroatoms. The van der Waals surface area contributed by atoms with Gasteiger partial charge in [0.15, 0.2) is 0 Å². The Kier molecular flexibility index (Phi) is 6.12. The van der Waals surface area contributed by atoms with E-state index in [1.54, 1.807) is 24.3 Å². The van der Waals surface area contributed by atoms with E-state index in [4.69, 9.17) is 23.2 Å². The summed E-state index contributed by atoms with van der Waals surface area (Å²) in [5.74, 6) is -2.01. The number of methoxy groups -OCH3 is 1. The number of hydrogen-bond acceptors (Lipinski definition) is 5. The van der Waals surface area contributed by atoms with Crippen LogP contribution in [0.2, 0.25) is 10.0 Å². The number of phenols is 2. The maximum atomic E-state index is 12.1. The van der Waals surface area contributed by atoms with E-state index >= 15 is 0 Å². The number of hydrogen-bond donors (Lipinski definition) is 3. The third-order valence-electron chi connectivity index (χ3n) is 3.44. The molecule has 0 spiro atoms. The van der Waals surface area contributed by atoms with Crippen molar-refractivity contribution < 1.29 is 24.5 Å². The molecule has 0 aliphatic rings. The molecule has 0 bridgehead atoms. The number of carbonyl (C=O) groups excluding carboxylic acids is 2. The highest BCUT2D eigenvalue weighted by molar-refractivity contribution is 6.33. The van der Waals surface area contributed by atoms with Crippen LogP contribution < -0.4 is 5.32 Å². The third-order valence-corrected chi connectivity index (χ3v) is 4.11. The van der Waals surface area contributed by atoms with Gasteiger partial charge in [0.2, 0.25) is 5.91 Å². The van der Waals surface area contributed by atoms with Gasteiger partial charge in [0.1, 0.15) is 17.1 Å². The molecule has 1 amide bonds. The summed E-state index contributed by atoms with van der Waals surface area (Å²) in [7, 11) is 1.15. The molecule has 6 nitrogen and oxygen atoms in total. The molecule has 0 saturated heterocycles. The first kappa shape index (κ1) is 18.9. The Labute approximate surface area is 153 Å². The molecule has 0 saturated carbocycles. The average Bonchev–Trinajstić information content (AvgIpc) is 2.58. The SMILES string of the molecule is COC(=O)c1c(O)cc(O)c(Cl)c1CCC(=O)Nc1ccc(Cl)cc1. The van der Waals surface area contributed by atoms with Gasteiger partial charge >= 0.3 is 5.97 Å². The number of nitrogens with one attached hydrogen (secondary N) is 1. The van der Waals surface area contributed by atoms with Gasteiger partial charge in [-0.2, -0.15) is 0 Å². The standard InChI is InChI=1S/C17H15Cl2NO5/c1-25-17(24)15-11(16(19)13(22)8-12(15)21)6-7-14(23)20-10-4-2-9(18)3-5-10/h2-5,8,21-22H,6-7H2,1H3,(H,20,23). The molecule has 2 aromatic carbocycles. The fraction of sp³-hybridized carbons (Fsp3) is 0.176. The lowest BCUT2D eigenvalue weighted by atomic mass is 10.0. The second kappa shape index (κ2) is 8.09. The van der Waals surface area contributed by atoms with Crippen LogP contribution in [0.25, 0.3) is 0 Å². The van der Waals surface area contributed by atoms with Crippen LogP contribution in [-0.4, -0.2) is 29.2 Å². The number of aromatic hydroxyl groups is 2. The van der Waals surface area contributed by atoms with E-state index in [2.05, 4.69) is 10.1 Å². The van der Waals surface area contributed by atoms with Gasteiger partial charge in [-0.05, 0) is 36.2 Å². The van der Waals surface area contributed by atoms with Gasteiger partial charge in [0, 0.05) is 23.2 Å². The van der Waals surface area contributed by atoms with Gasteiger partial charge in [-0.1, -0.05) is 23.2 Å². The summed E-state index contributed by atoms with van der Waals surface area (Å²) in [4.78, 5) is 23.9. The van der Waals surface area contributed by atoms with E-state index in [0.717, 1.165) is 13.2 Å². The number of halogens is 2. The quantitative estimate of drug-likeness (QED) is 0.683. The van der Waals surface area contributed by atoms with Crippen molar-refractivity contribution >= 4 is 40.8 Å². The normalized spacial score (nSPS) is 10.4. The average molecular weight is 384 g/mol. The molecule has 0 aliphatic carbocycles. The van der Waals surface area contributed by atoms with Crippen molar-refractivity contribution in [3.63, 3.8) is 0 Å². The third kappa shape index (κ3) is 4.55. The topological polar surface area (TPSA) is 95.9 Å². The number of amides is 1. The zero-order valence-electron chi connectivity index (χ0n) is 13.2. The summed E-state index contributed by atoms with van der Waals surface area (Å²) < 4.78 is 4.61. The molecule has 2 rings (SSSR count). The molecule has 0 fully saturated rings. The summed E-state index contributed by atoms with van der Waals surface area (Å²) >= 11 is 11.8. The molecule has 0 unspecified atom stereocenters. The highest BCUT2D eigenvalue weighted by atomic mass is 35.5. The second-order valence-corrected chi connectivity index (χ2v) is 5.94. The number of ether oxygens (including phenoxy) is 1. The molecule has 3 N–H and O–H groups in total. The molecule has 0 heterocycles. The van der Waals surface area contributed by atoms with Crippen molar-refractivity contribution in [2.45, 2.75) is 12.8 Å². The number of rotatable bonds is 5. The summed E-state index contributed by atoms with van der Waals surface area (Å²) in [6, 6.07) is 7.51. The number of anilines is 1. The second-order valence-electron chi connectivity index (χ2n) is 5.13. The van der Waals surface area contributed by atoms with E-state index in [1.165, 1.54) is 0 Å². The van der Waals surface area contributed by atoms with Gasteiger partial charge < -0.3 is 20.3 Å². The molecule has 25 heavy (non-hydrogen) atoms. The lowest BCUT2D eigenvalue weighted by molar-refractivity contribution is -0.116. The van der Waals surface area contributed by atoms with E-state index < -0.39 is 11.7 Å². The van der Waals surface area contributed by atoms with Crippen LogP contribution >= 0.6 is 23.2 Å². The Morgan fingerprint density at radius 1 is 1.12 bits per heavy atom. The maximum absolute atomic E-state index is 12.1. The Balaban J connectivity index is 2.17. The van der Waals surface area contributed by atoms with Crippen LogP contribution in [0.15, 0.2) is 30.3 Å². The Hall–Kier alpha value is -2.44. The molecule has 2 aromatic rings. The first-order valence-electron chi connectivity index (χ1n) is 7.20. The zero-order chi connectivity index (χ0) is 18.6. The number of esters is 1. The molecule has 0 aliphatic heterocycles. The van der Waals surface area contributed by atoms with E-state index in [0.29, 0.717) is 10.7 Å². The molecule has 0 atom stereocenters. The summed E-state index contributed by atoms with van der Waals surface area (Å²) in [5, 5.41) is 22.7. The smallest absolute Gasteiger partial charge is 0.341 e. The molecule has 0 radical (unpaired) electrons. The minimum absolute atomic E-state index is 0.0185. The first-order chi connectivity index (χ1) is 11.8. The largest absolute Gasteiger partial charge is 0.507 e. The van der Waals surface area contributed by atoms with Crippen molar-refractivity contribution in [2.24, 2.45) is 0 Å². The maximum Gasteiger partial charge on any atom is 0.341 e. The lowest BCUT2D eigenvalue weighted by Gasteiger charge is -2.13. The van der Waals surface area contributed by atoms with Crippen LogP contribution in [0.1, 0.15) is 22.3 Å². The van der Waals surface area contributed by atoms with Gasteiger partial charge in [-0.25, -0.2) is 4.79 Å². The minimum Gasteiger partial charge on any atom is -0.507 e. The Bertz CT molecular complexity index is 806. The Morgan fingerprint density at radius 2 is 1.76 bits per heavy atom. The fourth-order valence-electron chi connectivity index (χ4n) is 2.24. The summed E-state index contributed by atoms with van der Waals surface area (Å²) in [6.45, 7) is 0. The first-order valence-corrected chi connectivity index (χ1v) is 7.96. The van der Waals surface area contributed by atoms with Crippen molar-refractivity contribution in [3.05, 3.63) is 51.5 Å². The van der Waals surface area contributed by atoms with Gasteiger partial charge in [0.05, 0.1) is 12.1 Å². The number of phenolic OH excluding ortho intramolecular Hbond substituents is 2. The van der Waals surface area contributed by atoms with E-state index in [9.17, 15) is 19.8 Å². The van der Waals surface area contributed by atoms with Crippen LogP contribution in [0.5, 0.6) is 11.5 Å². The number of benzene rings is 2. The van der Waals surface area contributed by atoms with Gasteiger partial charge in [-0.3, -0.25) is 4.79 Å². The summed E-state index contributed by atoms with van der Waals surface area (Å²) in [6.07, 6.45) is -0.0140. The van der Waals surface area contributed by atoms with E-state index in [1.807, 2.05) is 0 Å². The lowest BCUT2D eigenvalue weighted by Crippen LogP contribution is -2.14. The van der Waals surface area contributed by atoms with Crippen LogP contribution in [0.4, 0.5) is 5.69 Å². The van der Waals surface area contributed by atoms with Crippen molar-refractivity contribution in [1.29, 1.82) is 0 Å². The highest BCUT2D eigenvalue weighted by Crippen LogP contribution is 2.37. The monoisotopic (exact) mass is 383 g/mol. The zero-order valence-corrected chi connectivity index (χ0v) is 14.7. The van der Waals surface area contributed by atoms with Crippen molar-refractivity contribution in [1.82, 2.24) is 0 Å². The van der Waals surface area contributed by atoms with Gasteiger partial charge in [-0.15, -0.1) is 0 Å². The highest BCUT2D eigenvalue weighted by Gasteiger charge is 2.23. The molecular weight excluding hydrogens is 369 g/mol. The Morgan fingerprint density at radius 3 is 2.36 bits per heavy atom. The van der Waals surface area contributed by atoms with Crippen LogP contribution in [0.3, 0.4) is 0 Å². The van der Waals surface area contributed by atoms with Crippen molar-refractivity contribution in [3.8, 4) is 11.5 Å². The predicted octanol–water partition coefficient (Wildman–Crippen LogP) is 3.76. The molecule has 132 valence electrons. The van der Waals surface area contributed by atoms with E-state index in [-0.39, 0.29) is 40.6 Å². The van der Waals surface area contributed by atoms with Crippen molar-refractivity contribution in [2.75, 3.05) is 12.4 Å². The molecule has 0 aromatic heterocycles. The molecular formula is C17H15Cl2NO5. The fourth-order valence-corrected chi connectivity index (χ4v) is 2.61. The van der Waals surface area contributed by atoms with Crippen LogP contribution in [-0.2, 0) is 16.0 Å². The number of carbonyl (C=O) groups is 2. The summed E-state index contributed by atoms with van der Waals surface area (Å²) in [5.41, 5.74) is 0.523. The van der Waals surface area contributed by atoms with Crippen LogP contribution in [0, 0.1) is 0 Å².